The highest BCUT2D eigenvalue weighted by atomic mass is 16.3. The number of rotatable bonds is 4. The minimum atomic E-state index is 0.202. The first kappa shape index (κ1) is 14.6. The van der Waals surface area contributed by atoms with Crippen LogP contribution in [0.25, 0.3) is 23.0 Å². The molecule has 1 atom stereocenters. The van der Waals surface area contributed by atoms with Crippen LogP contribution in [-0.2, 0) is 11.3 Å². The van der Waals surface area contributed by atoms with Gasteiger partial charge in [0.1, 0.15) is 5.82 Å². The summed E-state index contributed by atoms with van der Waals surface area (Å²) in [5, 5.41) is 0. The van der Waals surface area contributed by atoms with E-state index in [1.54, 1.807) is 30.9 Å². The van der Waals surface area contributed by atoms with Crippen molar-refractivity contribution in [3.8, 4) is 23.0 Å². The molecule has 0 aromatic carbocycles. The van der Waals surface area contributed by atoms with Crippen molar-refractivity contribution in [3.63, 3.8) is 0 Å². The van der Waals surface area contributed by atoms with Crippen molar-refractivity contribution in [1.29, 1.82) is 0 Å². The van der Waals surface area contributed by atoms with E-state index in [0.29, 0.717) is 18.0 Å². The third kappa shape index (κ3) is 2.58. The molecular weight excluding hydrogens is 306 g/mol. The van der Waals surface area contributed by atoms with Gasteiger partial charge in [-0.25, -0.2) is 15.0 Å². The molecule has 122 valence electrons. The molecule has 7 nitrogen and oxygen atoms in total. The average molecular weight is 323 g/mol. The van der Waals surface area contributed by atoms with Gasteiger partial charge in [-0.1, -0.05) is 0 Å². The van der Waals surface area contributed by atoms with Crippen LogP contribution in [0, 0.1) is 0 Å². The van der Waals surface area contributed by atoms with E-state index in [4.69, 9.17) is 4.42 Å². The summed E-state index contributed by atoms with van der Waals surface area (Å²) in [5.41, 5.74) is 0.835. The molecule has 3 aromatic heterocycles. The summed E-state index contributed by atoms with van der Waals surface area (Å²) in [6.45, 7) is 0.720. The molecule has 1 fully saturated rings. The van der Waals surface area contributed by atoms with Crippen LogP contribution in [0.1, 0.15) is 12.8 Å². The van der Waals surface area contributed by atoms with Gasteiger partial charge in [0.2, 0.25) is 5.91 Å². The van der Waals surface area contributed by atoms with E-state index >= 15 is 0 Å². The molecule has 0 spiro atoms. The molecule has 7 heteroatoms. The van der Waals surface area contributed by atoms with Gasteiger partial charge in [0.05, 0.1) is 11.8 Å². The molecule has 1 unspecified atom stereocenters. The molecule has 0 aliphatic carbocycles. The maximum atomic E-state index is 11.7. The van der Waals surface area contributed by atoms with Crippen LogP contribution in [0.5, 0.6) is 0 Å². The Morgan fingerprint density at radius 2 is 2.12 bits per heavy atom. The third-order valence-corrected chi connectivity index (χ3v) is 4.41. The second-order valence-electron chi connectivity index (χ2n) is 5.87. The summed E-state index contributed by atoms with van der Waals surface area (Å²) in [5.74, 6) is 2.18. The molecule has 1 aliphatic heterocycles. The van der Waals surface area contributed by atoms with Crippen LogP contribution in [0.2, 0.25) is 0 Å². The van der Waals surface area contributed by atoms with Crippen molar-refractivity contribution in [2.75, 3.05) is 7.05 Å². The summed E-state index contributed by atoms with van der Waals surface area (Å²) in [7, 11) is 1.86. The molecule has 4 rings (SSSR count). The van der Waals surface area contributed by atoms with E-state index in [9.17, 15) is 4.79 Å². The van der Waals surface area contributed by atoms with Gasteiger partial charge < -0.3 is 13.9 Å². The molecule has 0 bridgehead atoms. The van der Waals surface area contributed by atoms with E-state index in [0.717, 1.165) is 24.4 Å². The fraction of sp³-hybridized carbons (Fsp3) is 0.294. The van der Waals surface area contributed by atoms with E-state index in [1.165, 1.54) is 0 Å². The lowest BCUT2D eigenvalue weighted by Gasteiger charge is -2.21. The van der Waals surface area contributed by atoms with Gasteiger partial charge in [0, 0.05) is 50.8 Å². The molecule has 0 N–H and O–H groups in total. The molecule has 1 amide bonds. The van der Waals surface area contributed by atoms with Gasteiger partial charge in [0.15, 0.2) is 11.6 Å². The van der Waals surface area contributed by atoms with Crippen LogP contribution >= 0.6 is 0 Å². The quantitative estimate of drug-likeness (QED) is 0.736. The molecule has 0 radical (unpaired) electrons. The zero-order chi connectivity index (χ0) is 16.5. The Balaban J connectivity index is 1.57. The van der Waals surface area contributed by atoms with E-state index in [2.05, 4.69) is 15.0 Å². The van der Waals surface area contributed by atoms with Crippen LogP contribution in [0.15, 0.2) is 47.6 Å². The number of aromatic nitrogens is 4. The van der Waals surface area contributed by atoms with Crippen molar-refractivity contribution in [2.45, 2.75) is 25.4 Å². The first-order valence-corrected chi connectivity index (χ1v) is 7.85. The van der Waals surface area contributed by atoms with Crippen LogP contribution in [0.4, 0.5) is 0 Å². The molecule has 4 heterocycles. The Hall–Kier alpha value is -2.96. The fourth-order valence-corrected chi connectivity index (χ4v) is 3.00. The van der Waals surface area contributed by atoms with Crippen molar-refractivity contribution in [1.82, 2.24) is 24.4 Å². The number of imidazole rings is 1. The molecule has 3 aromatic rings. The van der Waals surface area contributed by atoms with Gasteiger partial charge in [-0.05, 0) is 18.6 Å². The van der Waals surface area contributed by atoms with Crippen LogP contribution in [-0.4, -0.2) is 43.4 Å². The molecular formula is C17H17N5O2. The first-order valence-electron chi connectivity index (χ1n) is 7.85. The number of furan rings is 1. The largest absolute Gasteiger partial charge is 0.461 e. The Labute approximate surface area is 139 Å². The highest BCUT2D eigenvalue weighted by Gasteiger charge is 2.28. The minimum Gasteiger partial charge on any atom is -0.461 e. The maximum absolute atomic E-state index is 11.7. The number of nitrogens with zero attached hydrogens (tertiary/aromatic N) is 5. The minimum absolute atomic E-state index is 0.202. The lowest BCUT2D eigenvalue weighted by molar-refractivity contribution is -0.127. The molecule has 1 aliphatic rings. The van der Waals surface area contributed by atoms with Gasteiger partial charge in [-0.2, -0.15) is 0 Å². The predicted molar refractivity (Wildman–Crippen MR) is 86.7 cm³/mol. The topological polar surface area (TPSA) is 77.0 Å². The normalized spacial score (nSPS) is 17.6. The number of hydrogen-bond donors (Lipinski definition) is 0. The number of carbonyl (C=O) groups is 1. The van der Waals surface area contributed by atoms with Crippen LogP contribution < -0.4 is 0 Å². The summed E-state index contributed by atoms with van der Waals surface area (Å²) in [6, 6.07) is 3.83. The summed E-state index contributed by atoms with van der Waals surface area (Å²) < 4.78 is 7.35. The zero-order valence-corrected chi connectivity index (χ0v) is 13.3. The van der Waals surface area contributed by atoms with E-state index in [1.807, 2.05) is 28.8 Å². The van der Waals surface area contributed by atoms with Gasteiger partial charge >= 0.3 is 0 Å². The smallest absolute Gasteiger partial charge is 0.222 e. The lowest BCUT2D eigenvalue weighted by atomic mass is 10.2. The lowest BCUT2D eigenvalue weighted by Crippen LogP contribution is -2.32. The monoisotopic (exact) mass is 323 g/mol. The predicted octanol–water partition coefficient (Wildman–Crippen LogP) is 2.22. The Morgan fingerprint density at radius 1 is 1.29 bits per heavy atom. The molecule has 0 saturated carbocycles. The van der Waals surface area contributed by atoms with Gasteiger partial charge in [-0.3, -0.25) is 4.79 Å². The maximum Gasteiger partial charge on any atom is 0.222 e. The summed E-state index contributed by atoms with van der Waals surface area (Å²) in [6.07, 6.45) is 10.3. The van der Waals surface area contributed by atoms with Crippen molar-refractivity contribution >= 4 is 5.91 Å². The van der Waals surface area contributed by atoms with Gasteiger partial charge in [0.25, 0.3) is 0 Å². The highest BCUT2D eigenvalue weighted by Crippen LogP contribution is 2.23. The zero-order valence-electron chi connectivity index (χ0n) is 13.3. The van der Waals surface area contributed by atoms with E-state index < -0.39 is 0 Å². The third-order valence-electron chi connectivity index (χ3n) is 4.41. The van der Waals surface area contributed by atoms with Crippen molar-refractivity contribution in [2.24, 2.45) is 0 Å². The van der Waals surface area contributed by atoms with Crippen molar-refractivity contribution < 1.29 is 9.21 Å². The fourth-order valence-electron chi connectivity index (χ4n) is 3.00. The Bertz CT molecular complexity index is 838. The number of amides is 1. The number of carbonyl (C=O) groups excluding carboxylic acids is 1. The summed E-state index contributed by atoms with van der Waals surface area (Å²) >= 11 is 0. The van der Waals surface area contributed by atoms with Crippen molar-refractivity contribution in [3.05, 3.63) is 43.2 Å². The summed E-state index contributed by atoms with van der Waals surface area (Å²) in [4.78, 5) is 26.6. The molecule has 24 heavy (non-hydrogen) atoms. The Kier molecular flexibility index (Phi) is 3.60. The Morgan fingerprint density at radius 3 is 2.79 bits per heavy atom. The number of likely N-dealkylation sites (tertiary alicyclic amines) is 1. The van der Waals surface area contributed by atoms with E-state index in [-0.39, 0.29) is 11.9 Å². The molecule has 1 saturated heterocycles. The number of hydrogen-bond acceptors (Lipinski definition) is 5. The second-order valence-corrected chi connectivity index (χ2v) is 5.87. The SMILES string of the molecule is CN1C(=O)CCC1Cn1ccnc1-c1cnc(-c2ccco2)nc1. The second kappa shape index (κ2) is 5.92. The number of likely N-dealkylation sites (N-methyl/N-ethyl adjacent to an activating group) is 1. The highest BCUT2D eigenvalue weighted by molar-refractivity contribution is 5.78. The average Bonchev–Trinajstić information content (AvgIpc) is 3.34. The van der Waals surface area contributed by atoms with Crippen LogP contribution in [0.3, 0.4) is 0 Å². The first-order chi connectivity index (χ1) is 11.7. The van der Waals surface area contributed by atoms with Gasteiger partial charge in [-0.15, -0.1) is 0 Å². The standard InChI is InChI=1S/C17H17N5O2/c1-21-13(4-5-15(21)23)11-22-7-6-18-17(22)12-9-19-16(20-10-12)14-3-2-8-24-14/h2-3,6-10,13H,4-5,11H2,1H3.